The average Bonchev–Trinajstić information content (AvgIpc) is 3.60. The van der Waals surface area contributed by atoms with Gasteiger partial charge in [0.25, 0.3) is 0 Å². The van der Waals surface area contributed by atoms with E-state index in [1.54, 1.807) is 16.2 Å². The van der Waals surface area contributed by atoms with E-state index in [0.29, 0.717) is 23.8 Å². The van der Waals surface area contributed by atoms with Crippen molar-refractivity contribution in [2.45, 2.75) is 62.6 Å². The summed E-state index contributed by atoms with van der Waals surface area (Å²) in [7, 11) is 0. The molecule has 0 N–H and O–H groups in total. The number of aromatic nitrogens is 3. The second kappa shape index (κ2) is 10.2. The average molecular weight is 481 g/mol. The number of amides is 1. The molecule has 0 spiro atoms. The Kier molecular flexibility index (Phi) is 6.92. The molecule has 1 saturated heterocycles. The van der Waals surface area contributed by atoms with Crippen molar-refractivity contribution in [3.63, 3.8) is 0 Å². The van der Waals surface area contributed by atoms with Gasteiger partial charge in [-0.05, 0) is 55.0 Å². The lowest BCUT2D eigenvalue weighted by Crippen LogP contribution is -2.23. The maximum atomic E-state index is 12.9. The number of hydrogen-bond acceptors (Lipinski definition) is 6. The standard InChI is InChI=1S/C25H28N4O2S2/c30-22(18-10-12-19(13-11-18)28-14-4-9-24(28)31)17-33-25-27-26-23(16-21-8-5-15-32-21)29(25)20-6-2-1-3-7-20/h5,8,10-13,15,20H,1-4,6-7,9,14,16-17H2. The van der Waals surface area contributed by atoms with Gasteiger partial charge < -0.3 is 9.47 Å². The number of anilines is 1. The van der Waals surface area contributed by atoms with Gasteiger partial charge in [-0.2, -0.15) is 0 Å². The van der Waals surface area contributed by atoms with Crippen molar-refractivity contribution in [2.24, 2.45) is 0 Å². The lowest BCUT2D eigenvalue weighted by Gasteiger charge is -2.25. The van der Waals surface area contributed by atoms with Crippen LogP contribution in [-0.2, 0) is 11.2 Å². The molecule has 1 aliphatic carbocycles. The molecular weight excluding hydrogens is 452 g/mol. The normalized spacial score (nSPS) is 17.1. The summed E-state index contributed by atoms with van der Waals surface area (Å²) in [6.07, 6.45) is 8.33. The first-order chi connectivity index (χ1) is 16.2. The largest absolute Gasteiger partial charge is 0.312 e. The van der Waals surface area contributed by atoms with E-state index in [0.717, 1.165) is 48.9 Å². The van der Waals surface area contributed by atoms with Crippen LogP contribution in [0.5, 0.6) is 0 Å². The lowest BCUT2D eigenvalue weighted by atomic mass is 9.95. The molecule has 0 bridgehead atoms. The number of rotatable bonds is 8. The van der Waals surface area contributed by atoms with Crippen LogP contribution in [-0.4, -0.2) is 38.8 Å². The minimum Gasteiger partial charge on any atom is -0.312 e. The Hall–Kier alpha value is -2.45. The number of carbonyl (C=O) groups excluding carboxylic acids is 2. The third kappa shape index (κ3) is 5.06. The second-order valence-corrected chi connectivity index (χ2v) is 10.7. The fourth-order valence-corrected chi connectivity index (χ4v) is 6.38. The van der Waals surface area contributed by atoms with E-state index in [4.69, 9.17) is 0 Å². The molecule has 2 aromatic heterocycles. The summed E-state index contributed by atoms with van der Waals surface area (Å²) in [6, 6.07) is 12.0. The molecule has 1 amide bonds. The van der Waals surface area contributed by atoms with Crippen LogP contribution in [0.2, 0.25) is 0 Å². The minimum atomic E-state index is 0.0669. The zero-order chi connectivity index (χ0) is 22.6. The highest BCUT2D eigenvalue weighted by Crippen LogP contribution is 2.34. The molecule has 172 valence electrons. The Bertz CT molecular complexity index is 1100. The smallest absolute Gasteiger partial charge is 0.227 e. The quantitative estimate of drug-likeness (QED) is 0.313. The highest BCUT2D eigenvalue weighted by Gasteiger charge is 2.24. The Morgan fingerprint density at radius 2 is 1.88 bits per heavy atom. The van der Waals surface area contributed by atoms with Crippen molar-refractivity contribution >= 4 is 40.5 Å². The number of thioether (sulfide) groups is 1. The summed E-state index contributed by atoms with van der Waals surface area (Å²) >= 11 is 3.23. The van der Waals surface area contributed by atoms with Crippen molar-refractivity contribution in [1.29, 1.82) is 0 Å². The first kappa shape index (κ1) is 22.3. The number of thiophene rings is 1. The van der Waals surface area contributed by atoms with Crippen LogP contribution in [0.25, 0.3) is 0 Å². The molecule has 1 aromatic carbocycles. The molecule has 33 heavy (non-hydrogen) atoms. The van der Waals surface area contributed by atoms with E-state index in [-0.39, 0.29) is 11.7 Å². The van der Waals surface area contributed by atoms with Crippen molar-refractivity contribution in [1.82, 2.24) is 14.8 Å². The van der Waals surface area contributed by atoms with Gasteiger partial charge in [-0.1, -0.05) is 37.1 Å². The molecule has 0 atom stereocenters. The molecule has 1 aliphatic heterocycles. The van der Waals surface area contributed by atoms with Gasteiger partial charge >= 0.3 is 0 Å². The highest BCUT2D eigenvalue weighted by molar-refractivity contribution is 7.99. The van der Waals surface area contributed by atoms with E-state index >= 15 is 0 Å². The van der Waals surface area contributed by atoms with E-state index in [1.165, 1.54) is 35.9 Å². The fourth-order valence-electron chi connectivity index (χ4n) is 4.76. The first-order valence-corrected chi connectivity index (χ1v) is 13.6. The molecule has 2 fully saturated rings. The number of benzene rings is 1. The molecular formula is C25H28N4O2S2. The molecule has 0 radical (unpaired) electrons. The van der Waals surface area contributed by atoms with Crippen LogP contribution in [0.4, 0.5) is 5.69 Å². The van der Waals surface area contributed by atoms with Crippen molar-refractivity contribution in [3.05, 3.63) is 58.0 Å². The predicted molar refractivity (Wildman–Crippen MR) is 132 cm³/mol. The van der Waals surface area contributed by atoms with Crippen molar-refractivity contribution in [3.8, 4) is 0 Å². The van der Waals surface area contributed by atoms with Gasteiger partial charge in [0.2, 0.25) is 5.91 Å². The van der Waals surface area contributed by atoms with Gasteiger partial charge in [0, 0.05) is 41.6 Å². The number of carbonyl (C=O) groups is 2. The van der Waals surface area contributed by atoms with Crippen LogP contribution >= 0.6 is 23.1 Å². The van der Waals surface area contributed by atoms with Crippen LogP contribution in [0.1, 0.15) is 72.0 Å². The molecule has 0 unspecified atom stereocenters. The molecule has 6 nitrogen and oxygen atoms in total. The van der Waals surface area contributed by atoms with Crippen molar-refractivity contribution in [2.75, 3.05) is 17.2 Å². The Labute approximate surface area is 202 Å². The third-order valence-corrected chi connectivity index (χ3v) is 8.31. The summed E-state index contributed by atoms with van der Waals surface area (Å²) in [5.74, 6) is 1.55. The zero-order valence-corrected chi connectivity index (χ0v) is 20.2. The third-order valence-electron chi connectivity index (χ3n) is 6.49. The fraction of sp³-hybridized carbons (Fsp3) is 0.440. The summed E-state index contributed by atoms with van der Waals surface area (Å²) in [4.78, 5) is 27.9. The van der Waals surface area contributed by atoms with E-state index < -0.39 is 0 Å². The summed E-state index contributed by atoms with van der Waals surface area (Å²) in [6.45, 7) is 0.757. The van der Waals surface area contributed by atoms with E-state index in [1.807, 2.05) is 24.3 Å². The van der Waals surface area contributed by atoms with Crippen LogP contribution in [0, 0.1) is 0 Å². The maximum absolute atomic E-state index is 12.9. The van der Waals surface area contributed by atoms with Crippen LogP contribution in [0.3, 0.4) is 0 Å². The molecule has 2 aliphatic rings. The Morgan fingerprint density at radius 1 is 1.06 bits per heavy atom. The second-order valence-electron chi connectivity index (χ2n) is 8.72. The topological polar surface area (TPSA) is 68.1 Å². The monoisotopic (exact) mass is 480 g/mol. The number of ketones is 1. The molecule has 3 aromatic rings. The molecule has 1 saturated carbocycles. The van der Waals surface area contributed by atoms with E-state index in [2.05, 4.69) is 32.3 Å². The Balaban J connectivity index is 1.29. The summed E-state index contributed by atoms with van der Waals surface area (Å²) < 4.78 is 2.30. The molecule has 5 rings (SSSR count). The maximum Gasteiger partial charge on any atom is 0.227 e. The van der Waals surface area contributed by atoms with Gasteiger partial charge in [0.15, 0.2) is 10.9 Å². The predicted octanol–water partition coefficient (Wildman–Crippen LogP) is 5.54. The first-order valence-electron chi connectivity index (χ1n) is 11.7. The van der Waals surface area contributed by atoms with Gasteiger partial charge in [-0.3, -0.25) is 9.59 Å². The van der Waals surface area contributed by atoms with Crippen LogP contribution in [0.15, 0.2) is 46.9 Å². The summed E-state index contributed by atoms with van der Waals surface area (Å²) in [5, 5.41) is 12.0. The van der Waals surface area contributed by atoms with Crippen LogP contribution < -0.4 is 4.90 Å². The number of hydrogen-bond donors (Lipinski definition) is 0. The summed E-state index contributed by atoms with van der Waals surface area (Å²) in [5.41, 5.74) is 1.54. The highest BCUT2D eigenvalue weighted by atomic mass is 32.2. The van der Waals surface area contributed by atoms with Gasteiger partial charge in [0.05, 0.1) is 5.75 Å². The zero-order valence-electron chi connectivity index (χ0n) is 18.6. The van der Waals surface area contributed by atoms with Gasteiger partial charge in [0.1, 0.15) is 5.82 Å². The number of Topliss-reactive ketones (excluding diaryl/α,β-unsaturated/α-hetero) is 1. The lowest BCUT2D eigenvalue weighted by molar-refractivity contribution is -0.117. The molecule has 8 heteroatoms. The Morgan fingerprint density at radius 3 is 2.58 bits per heavy atom. The minimum absolute atomic E-state index is 0.0669. The van der Waals surface area contributed by atoms with Crippen molar-refractivity contribution < 1.29 is 9.59 Å². The SMILES string of the molecule is O=C(CSc1nnc(Cc2cccs2)n1C1CCCCC1)c1ccc(N2CCCC2=O)cc1. The van der Waals surface area contributed by atoms with Gasteiger partial charge in [-0.25, -0.2) is 0 Å². The molecule has 3 heterocycles. The number of nitrogens with zero attached hydrogens (tertiary/aromatic N) is 4. The van der Waals surface area contributed by atoms with Gasteiger partial charge in [-0.15, -0.1) is 21.5 Å². The van der Waals surface area contributed by atoms with E-state index in [9.17, 15) is 9.59 Å².